The van der Waals surface area contributed by atoms with Gasteiger partial charge in [0.2, 0.25) is 15.9 Å². The maximum absolute atomic E-state index is 13.1. The molecule has 0 bridgehead atoms. The summed E-state index contributed by atoms with van der Waals surface area (Å²) in [6, 6.07) is 0.397. The minimum atomic E-state index is -4.60. The maximum Gasteiger partial charge on any atom is 0.250 e. The highest BCUT2D eigenvalue weighted by Gasteiger charge is 2.26. The van der Waals surface area contributed by atoms with Crippen molar-refractivity contribution in [3.05, 3.63) is 28.3 Å². The summed E-state index contributed by atoms with van der Waals surface area (Å²) < 4.78 is 48.0. The smallest absolute Gasteiger partial charge is 0.250 e. The molecule has 0 saturated heterocycles. The van der Waals surface area contributed by atoms with Gasteiger partial charge in [-0.2, -0.15) is 0 Å². The molecule has 0 fully saturated rings. The van der Waals surface area contributed by atoms with E-state index in [1.807, 2.05) is 0 Å². The molecule has 0 heterocycles. The number of halogens is 3. The molecule has 5 nitrogen and oxygen atoms in total. The minimum Gasteiger partial charge on any atom is -0.366 e. The van der Waals surface area contributed by atoms with Crippen LogP contribution in [0.25, 0.3) is 0 Å². The van der Waals surface area contributed by atoms with E-state index in [0.717, 1.165) is 0 Å². The van der Waals surface area contributed by atoms with E-state index in [-0.39, 0.29) is 0 Å². The quantitative estimate of drug-likeness (QED) is 0.759. The molecule has 0 unspecified atom stereocenters. The fourth-order valence-electron chi connectivity index (χ4n) is 1.01. The van der Waals surface area contributed by atoms with Crippen LogP contribution in [-0.2, 0) is 10.0 Å². The Hall–Kier alpha value is -1.25. The molecule has 0 aliphatic carbocycles. The van der Waals surface area contributed by atoms with Crippen molar-refractivity contribution in [1.29, 1.82) is 0 Å². The van der Waals surface area contributed by atoms with Crippen LogP contribution in [0.1, 0.15) is 10.4 Å². The van der Waals surface area contributed by atoms with Gasteiger partial charge < -0.3 is 5.73 Å². The van der Waals surface area contributed by atoms with Crippen molar-refractivity contribution in [2.24, 2.45) is 10.9 Å². The highest BCUT2D eigenvalue weighted by atomic mass is 35.5. The van der Waals surface area contributed by atoms with E-state index >= 15 is 0 Å². The summed E-state index contributed by atoms with van der Waals surface area (Å²) in [4.78, 5) is 9.49. The van der Waals surface area contributed by atoms with Gasteiger partial charge in [0.15, 0.2) is 11.6 Å². The average molecular weight is 271 g/mol. The number of benzene rings is 1. The van der Waals surface area contributed by atoms with Gasteiger partial charge in [-0.1, -0.05) is 11.6 Å². The second-order valence-corrected chi connectivity index (χ2v) is 4.65. The van der Waals surface area contributed by atoms with Gasteiger partial charge in [0.25, 0.3) is 0 Å². The third kappa shape index (κ3) is 2.13. The molecule has 0 radical (unpaired) electrons. The lowest BCUT2D eigenvalue weighted by atomic mass is 10.2. The molecule has 0 spiro atoms. The van der Waals surface area contributed by atoms with Gasteiger partial charge in [-0.3, -0.25) is 4.79 Å². The normalized spacial score (nSPS) is 11.5. The first-order valence-corrected chi connectivity index (χ1v) is 5.58. The number of hydrogen-bond acceptors (Lipinski definition) is 3. The second kappa shape index (κ2) is 3.96. The first-order valence-electron chi connectivity index (χ1n) is 3.66. The molecule has 88 valence electrons. The molecule has 0 aliphatic heterocycles. The fourth-order valence-corrected chi connectivity index (χ4v) is 2.27. The SMILES string of the molecule is NC(=O)c1cc(F)c(F)c(S(N)(=O)=O)c1Cl. The number of primary amides is 1. The summed E-state index contributed by atoms with van der Waals surface area (Å²) in [6.07, 6.45) is 0. The van der Waals surface area contributed by atoms with E-state index in [0.29, 0.717) is 6.07 Å². The number of carbonyl (C=O) groups is 1. The predicted octanol–water partition coefficient (Wildman–Crippen LogP) is 0.365. The molecule has 4 N–H and O–H groups in total. The minimum absolute atomic E-state index is 0.397. The van der Waals surface area contributed by atoms with E-state index in [2.05, 4.69) is 5.14 Å². The Morgan fingerprint density at radius 2 is 1.88 bits per heavy atom. The van der Waals surface area contributed by atoms with Crippen LogP contribution in [0, 0.1) is 11.6 Å². The van der Waals surface area contributed by atoms with Crippen LogP contribution in [0.3, 0.4) is 0 Å². The van der Waals surface area contributed by atoms with E-state index in [1.165, 1.54) is 0 Å². The predicted molar refractivity (Wildman–Crippen MR) is 51.3 cm³/mol. The Balaban J connectivity index is 3.80. The molecule has 1 amide bonds. The van der Waals surface area contributed by atoms with Crippen molar-refractivity contribution in [2.45, 2.75) is 4.90 Å². The molecule has 16 heavy (non-hydrogen) atoms. The number of hydrogen-bond donors (Lipinski definition) is 2. The first-order chi connectivity index (χ1) is 7.16. The van der Waals surface area contributed by atoms with Crippen LogP contribution in [0.4, 0.5) is 8.78 Å². The highest BCUT2D eigenvalue weighted by molar-refractivity contribution is 7.89. The topological polar surface area (TPSA) is 103 Å². The fraction of sp³-hybridized carbons (Fsp3) is 0. The van der Waals surface area contributed by atoms with Gasteiger partial charge in [-0.25, -0.2) is 22.3 Å². The Kier molecular flexibility index (Phi) is 3.17. The highest BCUT2D eigenvalue weighted by Crippen LogP contribution is 2.29. The molecule has 1 aromatic carbocycles. The molecule has 9 heteroatoms. The standard InChI is InChI=1S/C7H5ClF2N2O3S/c8-4-2(7(11)13)1-3(9)5(10)6(4)16(12,14)15/h1H,(H2,11,13)(H2,12,14,15). The monoisotopic (exact) mass is 270 g/mol. The van der Waals surface area contributed by atoms with Gasteiger partial charge in [-0.05, 0) is 6.07 Å². The maximum atomic E-state index is 13.1. The average Bonchev–Trinajstić information content (AvgIpc) is 2.08. The molecule has 0 aromatic heterocycles. The van der Waals surface area contributed by atoms with Crippen LogP contribution in [0.2, 0.25) is 5.02 Å². The Morgan fingerprint density at radius 1 is 1.38 bits per heavy atom. The third-order valence-corrected chi connectivity index (χ3v) is 3.12. The van der Waals surface area contributed by atoms with E-state index < -0.39 is 43.0 Å². The van der Waals surface area contributed by atoms with Crippen LogP contribution >= 0.6 is 11.6 Å². The van der Waals surface area contributed by atoms with Gasteiger partial charge in [-0.15, -0.1) is 0 Å². The lowest BCUT2D eigenvalue weighted by Gasteiger charge is -2.07. The van der Waals surface area contributed by atoms with Crippen LogP contribution in [-0.4, -0.2) is 14.3 Å². The largest absolute Gasteiger partial charge is 0.366 e. The van der Waals surface area contributed by atoms with Crippen molar-refractivity contribution in [1.82, 2.24) is 0 Å². The summed E-state index contributed by atoms with van der Waals surface area (Å²) in [7, 11) is -4.60. The van der Waals surface area contributed by atoms with Crippen molar-refractivity contribution in [2.75, 3.05) is 0 Å². The molecule has 1 aromatic rings. The summed E-state index contributed by atoms with van der Waals surface area (Å²) in [5, 5.41) is 3.79. The number of carbonyl (C=O) groups excluding carboxylic acids is 1. The number of amides is 1. The van der Waals surface area contributed by atoms with Crippen molar-refractivity contribution in [3.63, 3.8) is 0 Å². The first kappa shape index (κ1) is 12.8. The zero-order valence-electron chi connectivity index (χ0n) is 7.50. The molecular weight excluding hydrogens is 266 g/mol. The van der Waals surface area contributed by atoms with E-state index in [4.69, 9.17) is 17.3 Å². The van der Waals surface area contributed by atoms with Crippen molar-refractivity contribution < 1.29 is 22.0 Å². The second-order valence-electron chi connectivity index (χ2n) is 2.77. The molecular formula is C7H5ClF2N2O3S. The van der Waals surface area contributed by atoms with Crippen molar-refractivity contribution in [3.8, 4) is 0 Å². The van der Waals surface area contributed by atoms with Crippen LogP contribution in [0.5, 0.6) is 0 Å². The van der Waals surface area contributed by atoms with E-state index in [1.54, 1.807) is 0 Å². The van der Waals surface area contributed by atoms with Gasteiger partial charge in [0.1, 0.15) is 4.90 Å². The van der Waals surface area contributed by atoms with Gasteiger partial charge in [0.05, 0.1) is 10.6 Å². The zero-order chi connectivity index (χ0) is 12.7. The van der Waals surface area contributed by atoms with Gasteiger partial charge in [0, 0.05) is 0 Å². The summed E-state index contributed by atoms with van der Waals surface area (Å²) in [6.45, 7) is 0. The number of rotatable bonds is 2. The summed E-state index contributed by atoms with van der Waals surface area (Å²) >= 11 is 5.40. The summed E-state index contributed by atoms with van der Waals surface area (Å²) in [5.41, 5.74) is 4.14. The molecule has 0 aliphatic rings. The Bertz CT molecular complexity index is 573. The lowest BCUT2D eigenvalue weighted by Crippen LogP contribution is -2.19. The van der Waals surface area contributed by atoms with E-state index in [9.17, 15) is 22.0 Å². The van der Waals surface area contributed by atoms with Gasteiger partial charge >= 0.3 is 0 Å². The lowest BCUT2D eigenvalue weighted by molar-refractivity contribution is 0.0999. The Morgan fingerprint density at radius 3 is 2.25 bits per heavy atom. The van der Waals surface area contributed by atoms with Crippen LogP contribution < -0.4 is 10.9 Å². The zero-order valence-corrected chi connectivity index (χ0v) is 9.07. The Labute approximate surface area is 94.0 Å². The number of nitrogens with two attached hydrogens (primary N) is 2. The molecule has 1 rings (SSSR count). The number of primary sulfonamides is 1. The molecule has 0 saturated carbocycles. The number of sulfonamides is 1. The third-order valence-electron chi connectivity index (χ3n) is 1.67. The van der Waals surface area contributed by atoms with Crippen LogP contribution in [0.15, 0.2) is 11.0 Å². The summed E-state index contributed by atoms with van der Waals surface area (Å²) in [5.74, 6) is -4.53. The molecule has 0 atom stereocenters. The van der Waals surface area contributed by atoms with Crippen molar-refractivity contribution >= 4 is 27.5 Å².